The van der Waals surface area contributed by atoms with E-state index in [0.717, 1.165) is 248 Å². The predicted octanol–water partition coefficient (Wildman–Crippen LogP) is 22.0. The fraction of sp³-hybridized carbons (Fsp3) is 0.189. The van der Waals surface area contributed by atoms with Crippen LogP contribution in [-0.2, 0) is 77.9 Å². The molecule has 13 aromatic carbocycles. The molecule has 148 heavy (non-hydrogen) atoms. The molecule has 0 saturated heterocycles. The van der Waals surface area contributed by atoms with Gasteiger partial charge in [0.15, 0.2) is 0 Å². The molecule has 0 bridgehead atoms. The Bertz CT molecular complexity index is 8560. The Kier molecular flexibility index (Phi) is 28.2. The maximum absolute atomic E-state index is 13.1. The van der Waals surface area contributed by atoms with Crippen molar-refractivity contribution in [2.24, 2.45) is 7.05 Å². The molecule has 742 valence electrons. The zero-order valence-electron chi connectivity index (χ0n) is 82.7. The minimum atomic E-state index is -0.252. The normalized spacial score (nSPS) is 14.1. The Morgan fingerprint density at radius 3 is 1.11 bits per heavy atom. The van der Waals surface area contributed by atoms with Crippen LogP contribution >= 0.6 is 27.5 Å². The van der Waals surface area contributed by atoms with E-state index in [0.29, 0.717) is 49.9 Å². The number of aryl methyl sites for hydroxylation is 3. The molecule has 0 radical (unpaired) electrons. The molecule has 13 N–H and O–H groups in total. The highest BCUT2D eigenvalue weighted by molar-refractivity contribution is 9.10. The molecule has 7 aromatic heterocycles. The van der Waals surface area contributed by atoms with E-state index in [2.05, 4.69) is 229 Å². The van der Waals surface area contributed by atoms with Gasteiger partial charge in [0.25, 0.3) is 41.4 Å². The summed E-state index contributed by atoms with van der Waals surface area (Å²) in [4.78, 5) is 110. The highest BCUT2D eigenvalue weighted by atomic mass is 79.9. The van der Waals surface area contributed by atoms with Crippen molar-refractivity contribution in [3.8, 4) is 56.3 Å². The second-order valence-corrected chi connectivity index (χ2v) is 40.0. The van der Waals surface area contributed by atoms with Crippen LogP contribution in [0.3, 0.4) is 0 Å². The van der Waals surface area contributed by atoms with Gasteiger partial charge in [-0.25, -0.2) is 4.39 Å². The average molecular weight is 2050 g/mol. The fourth-order valence-corrected chi connectivity index (χ4v) is 22.6. The number of nitrogens with zero attached hydrogens (tertiary/aromatic N) is 3. The molecule has 0 spiro atoms. The third-order valence-corrected chi connectivity index (χ3v) is 29.2. The van der Waals surface area contributed by atoms with Crippen LogP contribution in [0.4, 0.5) is 4.39 Å². The summed E-state index contributed by atoms with van der Waals surface area (Å²) in [6.45, 7) is 6.53. The topological polar surface area (TPSA) is 310 Å². The largest absolute Gasteiger partial charge is 0.358 e. The summed E-state index contributed by atoms with van der Waals surface area (Å²) in [5.74, 6) is -0.175. The molecule has 0 aliphatic carbocycles. The third kappa shape index (κ3) is 20.0. The zero-order valence-corrected chi connectivity index (χ0v) is 85.0. The summed E-state index contributed by atoms with van der Waals surface area (Å²) in [7, 11) is 10.3. The maximum atomic E-state index is 13.1. The van der Waals surface area contributed by atoms with E-state index in [4.69, 9.17) is 11.6 Å². The predicted molar refractivity (Wildman–Crippen MR) is 593 cm³/mol. The summed E-state index contributed by atoms with van der Waals surface area (Å²) in [5, 5.41) is 28.8. The number of halogens is 3. The Balaban J connectivity index is 0.000000101. The van der Waals surface area contributed by atoms with Crippen LogP contribution < -0.4 is 37.2 Å². The summed E-state index contributed by atoms with van der Waals surface area (Å²) in [6.07, 6.45) is 10.00. The maximum Gasteiger partial charge on any atom is 0.252 e. The Morgan fingerprint density at radius 1 is 0.297 bits per heavy atom. The van der Waals surface area contributed by atoms with Gasteiger partial charge in [-0.15, -0.1) is 0 Å². The molecule has 20 aromatic rings. The highest BCUT2D eigenvalue weighted by Crippen LogP contribution is 2.43. The van der Waals surface area contributed by atoms with E-state index in [1.807, 2.05) is 165 Å². The summed E-state index contributed by atoms with van der Waals surface area (Å²) in [5.41, 5.74) is 37.0. The van der Waals surface area contributed by atoms with Crippen LogP contribution in [0.25, 0.3) is 133 Å². The first-order valence-electron chi connectivity index (χ1n) is 50.2. The number of H-pyrrole nitrogens is 6. The average Bonchev–Trinajstić information content (AvgIpc) is 1.63. The van der Waals surface area contributed by atoms with Gasteiger partial charge in [-0.1, -0.05) is 185 Å². The van der Waals surface area contributed by atoms with Crippen molar-refractivity contribution < 1.29 is 38.0 Å². The van der Waals surface area contributed by atoms with E-state index >= 15 is 0 Å². The lowest BCUT2D eigenvalue weighted by molar-refractivity contribution is 0.0949. The minimum Gasteiger partial charge on any atom is -0.358 e. The number of rotatable bonds is 12. The summed E-state index contributed by atoms with van der Waals surface area (Å²) < 4.78 is 16.1. The number of hydrogen-bond acceptors (Lipinski definition) is 9. The molecule has 7 aliphatic rings. The van der Waals surface area contributed by atoms with E-state index in [9.17, 15) is 38.0 Å². The smallest absolute Gasteiger partial charge is 0.252 e. The van der Waals surface area contributed by atoms with Gasteiger partial charge in [0.2, 0.25) is 0 Å². The molecule has 0 fully saturated rings. The molecule has 7 aliphatic heterocycles. The Hall–Kier alpha value is -16.5. The lowest BCUT2D eigenvalue weighted by atomic mass is 9.99. The number of amides is 7. The Labute approximate surface area is 867 Å². The molecular formula is C122H111BrClFN16O7. The van der Waals surface area contributed by atoms with Crippen molar-refractivity contribution in [2.75, 3.05) is 74.0 Å². The number of aromatic amines is 6. The first kappa shape index (κ1) is 97.6. The lowest BCUT2D eigenvalue weighted by Crippen LogP contribution is -2.23. The molecule has 7 amide bonds. The van der Waals surface area contributed by atoms with Gasteiger partial charge in [0.05, 0.1) is 11.3 Å². The molecule has 0 unspecified atom stereocenters. The second-order valence-electron chi connectivity index (χ2n) is 38.7. The number of carbonyl (C=O) groups excluding carboxylic acids is 7. The van der Waals surface area contributed by atoms with Crippen LogP contribution in [0.1, 0.15) is 134 Å². The number of aromatic nitrogens is 7. The van der Waals surface area contributed by atoms with Crippen LogP contribution in [-0.4, -0.2) is 160 Å². The molecular weight excluding hydrogens is 1940 g/mol. The van der Waals surface area contributed by atoms with Crippen LogP contribution in [0, 0.1) is 5.82 Å². The zero-order chi connectivity index (χ0) is 102. The van der Waals surface area contributed by atoms with Gasteiger partial charge >= 0.3 is 0 Å². The standard InChI is InChI=1S/2C20H21N3O.C19H18N2O.C17H13BrN2O.C17H13ClN2O.C17H13FN2O.C12H12N2O/c1-23(2)12-13-5-3-6-14(11-13)19-15-9-10-21-20(24)16-7-4-8-17(22-19)18(15)16;1-23(2)12-13-6-8-14(9-7-13)19-15-10-11-21-20(24)16-4-3-5-17(22-19)18(15)16;22-19-15-7-4-8-17-18(15)14(11-12-20-19)16(21-17)10-9-13-5-2-1-3-6-13;18-11-8-13-15-12(6-7-19-17(13)21)16(20-14(15)9-11)10-4-2-1-3-5-10;18-13-6-2-1-4-10(13)16-11-8-9-19-17(21)12-5-3-7-14(20-16)15(11)12;18-11-6-4-10(5-7-11)16-12-8-9-19-17(21)13-2-1-3-14(20-16)15(12)13;1-14-7-8-5-6-13-12(15)9-3-2-4-10(14)11(8)9/h3-8,11,22H,9-10,12H2,1-2H3,(H,21,24);3-9,22H,10-12H2,1-2H3,(H,21,24);1-8,21H,9-12H2,(H,20,22);1-5,8-9,20H,6-7H2,(H,19,21);2*1-7,20H,8-9H2,(H,19,21);2-4,7H,5-6H2,1H3,(H,13,15). The van der Waals surface area contributed by atoms with E-state index in [-0.39, 0.29) is 47.2 Å². The number of nitrogens with one attached hydrogen (secondary N) is 13. The van der Waals surface area contributed by atoms with Gasteiger partial charge in [-0.3, -0.25) is 33.6 Å². The van der Waals surface area contributed by atoms with Gasteiger partial charge < -0.3 is 81.5 Å². The van der Waals surface area contributed by atoms with Gasteiger partial charge in [-0.05, 0) is 285 Å². The molecule has 27 rings (SSSR count). The SMILES string of the molecule is CN(C)Cc1ccc(-c2[nH]c3cccc4c3c2CCNC4=O)cc1.CN(C)Cc1cccc(-c2[nH]c3cccc4c3c2CCNC4=O)c1.Cn1cc2c3c(cccc31)C(=O)NCC2.O=C1NCCc2c(-c3ccc(F)cc3)[nH]c3cccc1c23.O=C1NCCc2c(-c3ccccc3)[nH]c3cc(Br)cc1c23.O=C1NCCc2c(-c3ccccc3Cl)[nH]c3cccc1c23.O=C1NCCc2c(CCc3ccccc3)[nH]c3cccc1c23. The van der Waals surface area contributed by atoms with Crippen LogP contribution in [0.5, 0.6) is 0 Å². The first-order chi connectivity index (χ1) is 72.1. The van der Waals surface area contributed by atoms with Gasteiger partial charge in [0, 0.05) is 225 Å². The number of carbonyl (C=O) groups is 7. The lowest BCUT2D eigenvalue weighted by Gasteiger charge is -2.11. The number of hydrogen-bond donors (Lipinski definition) is 13. The fourth-order valence-electron chi connectivity index (χ4n) is 21.9. The first-order valence-corrected chi connectivity index (χ1v) is 51.4. The van der Waals surface area contributed by atoms with Crippen LogP contribution in [0.15, 0.2) is 290 Å². The van der Waals surface area contributed by atoms with E-state index in [1.165, 1.54) is 73.5 Å². The van der Waals surface area contributed by atoms with E-state index in [1.54, 1.807) is 12.1 Å². The second kappa shape index (κ2) is 42.7. The molecule has 23 nitrogen and oxygen atoms in total. The monoisotopic (exact) mass is 2040 g/mol. The van der Waals surface area contributed by atoms with Crippen molar-refractivity contribution >= 4 is 145 Å². The molecule has 14 heterocycles. The molecule has 0 atom stereocenters. The summed E-state index contributed by atoms with van der Waals surface area (Å²) >= 11 is 9.83. The third-order valence-electron chi connectivity index (χ3n) is 28.4. The molecule has 0 saturated carbocycles. The van der Waals surface area contributed by atoms with Crippen LogP contribution in [0.2, 0.25) is 5.02 Å². The molecule has 26 heteroatoms. The van der Waals surface area contributed by atoms with Crippen molar-refractivity contribution in [3.05, 3.63) is 401 Å². The van der Waals surface area contributed by atoms with Gasteiger partial charge in [0.1, 0.15) is 5.82 Å². The van der Waals surface area contributed by atoms with Crippen molar-refractivity contribution in [1.29, 1.82) is 0 Å². The van der Waals surface area contributed by atoms with Crippen molar-refractivity contribution in [1.82, 2.24) is 81.5 Å². The van der Waals surface area contributed by atoms with E-state index < -0.39 is 0 Å². The van der Waals surface area contributed by atoms with Crippen molar-refractivity contribution in [3.63, 3.8) is 0 Å². The Morgan fingerprint density at radius 2 is 0.635 bits per heavy atom. The number of benzene rings is 13. The van der Waals surface area contributed by atoms with Gasteiger partial charge in [-0.2, -0.15) is 0 Å². The summed E-state index contributed by atoms with van der Waals surface area (Å²) in [6, 6.07) is 91.3. The highest BCUT2D eigenvalue weighted by Gasteiger charge is 2.31. The quantitative estimate of drug-likeness (QED) is 0.0552. The van der Waals surface area contributed by atoms with Crippen molar-refractivity contribution in [2.45, 2.75) is 70.9 Å². The minimum absolute atomic E-state index is 0.00124.